The average molecular weight is 402 g/mol. The number of ether oxygens (including phenoxy) is 1. The minimum atomic E-state index is -0.217. The molecule has 2 fully saturated rings. The number of fused-ring (bicyclic) bond motifs is 2. The SMILES string of the molecule is CCn1cnnc1CN1CCC2(CC1)OCCc1cc(C(=O)NC3CC3)sc12. The molecule has 1 saturated carbocycles. The van der Waals surface area contributed by atoms with Crippen molar-refractivity contribution in [3.05, 3.63) is 33.5 Å². The van der Waals surface area contributed by atoms with Crippen molar-refractivity contribution in [1.29, 1.82) is 0 Å². The van der Waals surface area contributed by atoms with E-state index in [4.69, 9.17) is 4.74 Å². The summed E-state index contributed by atoms with van der Waals surface area (Å²) in [6.07, 6.45) is 6.87. The van der Waals surface area contributed by atoms with E-state index in [2.05, 4.69) is 38.0 Å². The first-order valence-electron chi connectivity index (χ1n) is 10.3. The molecule has 1 aliphatic carbocycles. The first kappa shape index (κ1) is 18.3. The standard InChI is InChI=1S/C20H27N5O2S/c1-2-25-13-21-23-17(25)12-24-8-6-20(7-9-24)18-14(5-10-27-20)11-16(28-18)19(26)22-15-3-4-15/h11,13,15H,2-10,12H2,1H3,(H,22,26). The molecule has 7 nitrogen and oxygen atoms in total. The van der Waals surface area contributed by atoms with Gasteiger partial charge in [-0.05, 0) is 50.7 Å². The zero-order valence-electron chi connectivity index (χ0n) is 16.3. The van der Waals surface area contributed by atoms with Crippen molar-refractivity contribution in [2.45, 2.75) is 63.8 Å². The highest BCUT2D eigenvalue weighted by Crippen LogP contribution is 2.45. The maximum absolute atomic E-state index is 12.5. The van der Waals surface area contributed by atoms with Crippen molar-refractivity contribution in [3.63, 3.8) is 0 Å². The Morgan fingerprint density at radius 1 is 1.39 bits per heavy atom. The fourth-order valence-corrected chi connectivity index (χ4v) is 5.64. The van der Waals surface area contributed by atoms with Crippen molar-refractivity contribution >= 4 is 17.2 Å². The summed E-state index contributed by atoms with van der Waals surface area (Å²) in [5, 5.41) is 11.4. The lowest BCUT2D eigenvalue weighted by Crippen LogP contribution is -2.45. The van der Waals surface area contributed by atoms with Crippen LogP contribution in [0.3, 0.4) is 0 Å². The van der Waals surface area contributed by atoms with Crippen molar-refractivity contribution in [2.24, 2.45) is 0 Å². The first-order chi connectivity index (χ1) is 13.7. The van der Waals surface area contributed by atoms with Crippen LogP contribution in [-0.2, 0) is 29.8 Å². The summed E-state index contributed by atoms with van der Waals surface area (Å²) in [5.74, 6) is 1.12. The largest absolute Gasteiger partial charge is 0.369 e. The van der Waals surface area contributed by atoms with Gasteiger partial charge in [-0.3, -0.25) is 9.69 Å². The minimum Gasteiger partial charge on any atom is -0.369 e. The van der Waals surface area contributed by atoms with Gasteiger partial charge in [0, 0.05) is 30.6 Å². The summed E-state index contributed by atoms with van der Waals surface area (Å²) >= 11 is 1.65. The Kier molecular flexibility index (Phi) is 4.72. The van der Waals surface area contributed by atoms with Gasteiger partial charge in [-0.1, -0.05) is 0 Å². The summed E-state index contributed by atoms with van der Waals surface area (Å²) in [4.78, 5) is 17.1. The van der Waals surface area contributed by atoms with Crippen molar-refractivity contribution < 1.29 is 9.53 Å². The van der Waals surface area contributed by atoms with Crippen LogP contribution in [0.2, 0.25) is 0 Å². The number of piperidine rings is 1. The van der Waals surface area contributed by atoms with E-state index >= 15 is 0 Å². The molecule has 2 aromatic rings. The van der Waals surface area contributed by atoms with Crippen LogP contribution in [0.25, 0.3) is 0 Å². The quantitative estimate of drug-likeness (QED) is 0.832. The Labute approximate surface area is 169 Å². The molecule has 5 rings (SSSR count). The molecule has 2 aromatic heterocycles. The van der Waals surface area contributed by atoms with E-state index in [9.17, 15) is 4.79 Å². The van der Waals surface area contributed by atoms with Gasteiger partial charge in [0.2, 0.25) is 0 Å². The number of thiophene rings is 1. The third-order valence-electron chi connectivity index (χ3n) is 6.17. The zero-order chi connectivity index (χ0) is 19.1. The van der Waals surface area contributed by atoms with E-state index in [1.54, 1.807) is 17.7 Å². The molecule has 1 saturated heterocycles. The number of aryl methyl sites for hydroxylation is 1. The monoisotopic (exact) mass is 401 g/mol. The molecule has 2 aliphatic heterocycles. The molecule has 0 aromatic carbocycles. The molecule has 0 unspecified atom stereocenters. The van der Waals surface area contributed by atoms with Gasteiger partial charge >= 0.3 is 0 Å². The van der Waals surface area contributed by atoms with Crippen LogP contribution < -0.4 is 5.32 Å². The van der Waals surface area contributed by atoms with Gasteiger partial charge < -0.3 is 14.6 Å². The van der Waals surface area contributed by atoms with Crippen molar-refractivity contribution in [3.8, 4) is 0 Å². The fraction of sp³-hybridized carbons (Fsp3) is 0.650. The molecule has 0 bridgehead atoms. The number of carbonyl (C=O) groups excluding carboxylic acids is 1. The molecule has 1 amide bonds. The number of aromatic nitrogens is 3. The van der Waals surface area contributed by atoms with E-state index in [1.807, 2.05) is 0 Å². The lowest BCUT2D eigenvalue weighted by molar-refractivity contribution is -0.0963. The highest BCUT2D eigenvalue weighted by atomic mass is 32.1. The second-order valence-corrected chi connectivity index (χ2v) is 9.17. The van der Waals surface area contributed by atoms with E-state index in [1.165, 1.54) is 10.4 Å². The van der Waals surface area contributed by atoms with Crippen LogP contribution in [0, 0.1) is 0 Å². The summed E-state index contributed by atoms with van der Waals surface area (Å²) in [7, 11) is 0. The van der Waals surface area contributed by atoms with Gasteiger partial charge in [-0.25, -0.2) is 0 Å². The van der Waals surface area contributed by atoms with Crippen LogP contribution in [0.15, 0.2) is 12.4 Å². The summed E-state index contributed by atoms with van der Waals surface area (Å²) in [6, 6.07) is 2.50. The van der Waals surface area contributed by atoms with Gasteiger partial charge in [-0.2, -0.15) is 0 Å². The number of nitrogens with one attached hydrogen (secondary N) is 1. The van der Waals surface area contributed by atoms with Gasteiger partial charge in [0.25, 0.3) is 5.91 Å². The van der Waals surface area contributed by atoms with Gasteiger partial charge in [0.1, 0.15) is 17.8 Å². The van der Waals surface area contributed by atoms with Crippen molar-refractivity contribution in [1.82, 2.24) is 25.0 Å². The number of nitrogens with zero attached hydrogens (tertiary/aromatic N) is 4. The maximum atomic E-state index is 12.5. The molecule has 1 N–H and O–H groups in total. The van der Waals surface area contributed by atoms with Crippen LogP contribution in [0.5, 0.6) is 0 Å². The van der Waals surface area contributed by atoms with E-state index < -0.39 is 0 Å². The number of rotatable bonds is 5. The molecule has 1 spiro atoms. The van der Waals surface area contributed by atoms with Crippen LogP contribution >= 0.6 is 11.3 Å². The number of hydrogen-bond acceptors (Lipinski definition) is 6. The van der Waals surface area contributed by atoms with E-state index in [-0.39, 0.29) is 11.5 Å². The number of likely N-dealkylation sites (tertiary alicyclic amines) is 1. The molecular formula is C20H27N5O2S. The predicted octanol–water partition coefficient (Wildman–Crippen LogP) is 2.32. The Balaban J connectivity index is 1.29. The Morgan fingerprint density at radius 2 is 2.21 bits per heavy atom. The Hall–Kier alpha value is -1.77. The second-order valence-electron chi connectivity index (χ2n) is 8.11. The zero-order valence-corrected chi connectivity index (χ0v) is 17.1. The number of hydrogen-bond donors (Lipinski definition) is 1. The van der Waals surface area contributed by atoms with Crippen LogP contribution in [0.1, 0.15) is 58.5 Å². The van der Waals surface area contributed by atoms with Crippen LogP contribution in [0.4, 0.5) is 0 Å². The normalized spacial score (nSPS) is 21.6. The third kappa shape index (κ3) is 3.38. The smallest absolute Gasteiger partial charge is 0.261 e. The summed E-state index contributed by atoms with van der Waals surface area (Å²) < 4.78 is 8.47. The van der Waals surface area contributed by atoms with Gasteiger partial charge in [-0.15, -0.1) is 21.5 Å². The number of amides is 1. The van der Waals surface area contributed by atoms with Gasteiger partial charge in [0.15, 0.2) is 0 Å². The fourth-order valence-electron chi connectivity index (χ4n) is 4.33. The highest BCUT2D eigenvalue weighted by molar-refractivity contribution is 7.14. The van der Waals surface area contributed by atoms with Gasteiger partial charge in [0.05, 0.1) is 18.0 Å². The molecule has 3 aliphatic rings. The summed E-state index contributed by atoms with van der Waals surface area (Å²) in [6.45, 7) is 6.53. The minimum absolute atomic E-state index is 0.0911. The maximum Gasteiger partial charge on any atom is 0.261 e. The second kappa shape index (κ2) is 7.24. The molecule has 8 heteroatoms. The lowest BCUT2D eigenvalue weighted by atomic mass is 9.85. The summed E-state index contributed by atoms with van der Waals surface area (Å²) in [5.41, 5.74) is 1.10. The molecule has 28 heavy (non-hydrogen) atoms. The Bertz CT molecular complexity index is 864. The molecule has 0 radical (unpaired) electrons. The first-order valence-corrected chi connectivity index (χ1v) is 11.2. The van der Waals surface area contributed by atoms with Crippen LogP contribution in [-0.4, -0.2) is 51.3 Å². The molecule has 4 heterocycles. The lowest BCUT2D eigenvalue weighted by Gasteiger charge is -2.43. The molecule has 0 atom stereocenters. The van der Waals surface area contributed by atoms with E-state index in [0.717, 1.165) is 75.6 Å². The van der Waals surface area contributed by atoms with Crippen molar-refractivity contribution in [2.75, 3.05) is 19.7 Å². The topological polar surface area (TPSA) is 72.3 Å². The average Bonchev–Trinajstić information content (AvgIpc) is 3.22. The Morgan fingerprint density at radius 3 is 2.96 bits per heavy atom. The third-order valence-corrected chi connectivity index (χ3v) is 7.54. The number of carbonyl (C=O) groups is 1. The van der Waals surface area contributed by atoms with E-state index in [0.29, 0.717) is 6.04 Å². The molecule has 150 valence electrons. The predicted molar refractivity (Wildman–Crippen MR) is 106 cm³/mol. The highest BCUT2D eigenvalue weighted by Gasteiger charge is 2.43. The molecular weight excluding hydrogens is 374 g/mol.